The maximum Gasteiger partial charge on any atom is 0.410 e. The first-order valence-corrected chi connectivity index (χ1v) is 9.16. The summed E-state index contributed by atoms with van der Waals surface area (Å²) in [6.07, 6.45) is 0.183. The van der Waals surface area contributed by atoms with Gasteiger partial charge in [-0.3, -0.25) is 9.48 Å². The van der Waals surface area contributed by atoms with Gasteiger partial charge in [0.1, 0.15) is 17.0 Å². The molecule has 28 heavy (non-hydrogen) atoms. The van der Waals surface area contributed by atoms with Crippen LogP contribution >= 0.6 is 0 Å². The number of carbonyl (C=O) groups is 2. The lowest BCUT2D eigenvalue weighted by Gasteiger charge is -2.29. The van der Waals surface area contributed by atoms with Gasteiger partial charge in [0.05, 0.1) is 25.0 Å². The van der Waals surface area contributed by atoms with Gasteiger partial charge in [-0.2, -0.15) is 5.10 Å². The Morgan fingerprint density at radius 2 is 1.93 bits per heavy atom. The monoisotopic (exact) mass is 386 g/mol. The Balaban J connectivity index is 1.84. The highest BCUT2D eigenvalue weighted by molar-refractivity contribution is 6.05. The molecule has 1 aliphatic rings. The number of para-hydroxylation sites is 2. The summed E-state index contributed by atoms with van der Waals surface area (Å²) in [5.74, 6) is 0.272. The van der Waals surface area contributed by atoms with Gasteiger partial charge in [-0.1, -0.05) is 12.1 Å². The van der Waals surface area contributed by atoms with Crippen LogP contribution < -0.4 is 10.1 Å². The number of nitrogens with zero attached hydrogens (tertiary/aromatic N) is 3. The average Bonchev–Trinajstić information content (AvgIpc) is 2.95. The van der Waals surface area contributed by atoms with E-state index in [0.29, 0.717) is 30.1 Å². The molecule has 8 nitrogen and oxygen atoms in total. The first-order valence-electron chi connectivity index (χ1n) is 9.16. The van der Waals surface area contributed by atoms with Crippen molar-refractivity contribution in [1.29, 1.82) is 0 Å². The Labute approximate surface area is 164 Å². The number of aryl methyl sites for hydroxylation is 1. The fourth-order valence-corrected chi connectivity index (χ4v) is 3.20. The Kier molecular flexibility index (Phi) is 5.31. The summed E-state index contributed by atoms with van der Waals surface area (Å²) in [5, 5.41) is 7.35. The van der Waals surface area contributed by atoms with Crippen LogP contribution in [-0.2, 0) is 24.8 Å². The molecule has 0 unspecified atom stereocenters. The second kappa shape index (κ2) is 7.53. The molecule has 0 fully saturated rings. The topological polar surface area (TPSA) is 85.7 Å². The van der Waals surface area contributed by atoms with Crippen LogP contribution in [0.2, 0.25) is 0 Å². The number of rotatable bonds is 3. The SMILES string of the molecule is COc1ccccc1NC(=O)c1c2c(nn1C)CCN(C(=O)OC(C)(C)C)C2. The highest BCUT2D eigenvalue weighted by Crippen LogP contribution is 2.27. The van der Waals surface area contributed by atoms with Gasteiger partial charge >= 0.3 is 6.09 Å². The van der Waals surface area contributed by atoms with Crippen LogP contribution in [0, 0.1) is 0 Å². The van der Waals surface area contributed by atoms with Gasteiger partial charge in [-0.15, -0.1) is 0 Å². The molecule has 0 radical (unpaired) electrons. The van der Waals surface area contributed by atoms with Gasteiger partial charge in [-0.25, -0.2) is 4.79 Å². The van der Waals surface area contributed by atoms with Crippen molar-refractivity contribution in [2.45, 2.75) is 39.3 Å². The largest absolute Gasteiger partial charge is 0.495 e. The summed E-state index contributed by atoms with van der Waals surface area (Å²) in [6.45, 7) is 6.28. The molecule has 0 spiro atoms. The molecule has 0 aliphatic carbocycles. The summed E-state index contributed by atoms with van der Waals surface area (Å²) in [4.78, 5) is 27.0. The van der Waals surface area contributed by atoms with Gasteiger partial charge in [-0.05, 0) is 32.9 Å². The summed E-state index contributed by atoms with van der Waals surface area (Å²) in [5.41, 5.74) is 1.99. The van der Waals surface area contributed by atoms with E-state index in [-0.39, 0.29) is 12.5 Å². The molecule has 150 valence electrons. The summed E-state index contributed by atoms with van der Waals surface area (Å²) in [6, 6.07) is 7.20. The van der Waals surface area contributed by atoms with E-state index in [9.17, 15) is 9.59 Å². The van der Waals surface area contributed by atoms with Crippen molar-refractivity contribution in [3.05, 3.63) is 41.2 Å². The molecule has 1 aliphatic heterocycles. The van der Waals surface area contributed by atoms with E-state index in [0.717, 1.165) is 11.3 Å². The quantitative estimate of drug-likeness (QED) is 0.876. The molecular formula is C20H26N4O4. The summed E-state index contributed by atoms with van der Waals surface area (Å²) < 4.78 is 12.3. The second-order valence-electron chi connectivity index (χ2n) is 7.70. The third-order valence-electron chi connectivity index (χ3n) is 4.42. The lowest BCUT2D eigenvalue weighted by molar-refractivity contribution is 0.0222. The van der Waals surface area contributed by atoms with Crippen molar-refractivity contribution >= 4 is 17.7 Å². The molecule has 0 saturated heterocycles. The number of amides is 2. The fraction of sp³-hybridized carbons (Fsp3) is 0.450. The Hall–Kier alpha value is -3.03. The normalized spacial score (nSPS) is 13.7. The number of carbonyl (C=O) groups excluding carboxylic acids is 2. The zero-order chi connectivity index (χ0) is 20.5. The molecule has 1 N–H and O–H groups in total. The van der Waals surface area contributed by atoms with Crippen LogP contribution in [0.15, 0.2) is 24.3 Å². The predicted molar refractivity (Wildman–Crippen MR) is 105 cm³/mol. The standard InChI is InChI=1S/C20H26N4O4/c1-20(2,3)28-19(26)24-11-10-14-13(12-24)17(23(4)22-14)18(25)21-15-8-6-7-9-16(15)27-5/h6-9H,10-12H2,1-5H3,(H,21,25). The first kappa shape index (κ1) is 19.7. The molecule has 2 amide bonds. The average molecular weight is 386 g/mol. The van der Waals surface area contributed by atoms with E-state index < -0.39 is 11.7 Å². The van der Waals surface area contributed by atoms with E-state index >= 15 is 0 Å². The van der Waals surface area contributed by atoms with Gasteiger partial charge in [0.25, 0.3) is 5.91 Å². The minimum atomic E-state index is -0.573. The third kappa shape index (κ3) is 4.11. The van der Waals surface area contributed by atoms with Crippen molar-refractivity contribution in [2.75, 3.05) is 19.0 Å². The minimum absolute atomic E-state index is 0.284. The minimum Gasteiger partial charge on any atom is -0.495 e. The molecule has 1 aromatic carbocycles. The number of ether oxygens (including phenoxy) is 2. The van der Waals surface area contributed by atoms with E-state index in [1.165, 1.54) is 0 Å². The van der Waals surface area contributed by atoms with Crippen molar-refractivity contribution < 1.29 is 19.1 Å². The van der Waals surface area contributed by atoms with Gasteiger partial charge in [0, 0.05) is 25.6 Å². The highest BCUT2D eigenvalue weighted by atomic mass is 16.6. The molecule has 2 aromatic rings. The molecule has 0 saturated carbocycles. The van der Waals surface area contributed by atoms with E-state index in [1.807, 2.05) is 32.9 Å². The van der Waals surface area contributed by atoms with E-state index in [2.05, 4.69) is 10.4 Å². The maximum atomic E-state index is 13.0. The second-order valence-corrected chi connectivity index (χ2v) is 7.70. The zero-order valence-corrected chi connectivity index (χ0v) is 16.9. The fourth-order valence-electron chi connectivity index (χ4n) is 3.20. The molecule has 2 heterocycles. The Bertz CT molecular complexity index is 898. The number of benzene rings is 1. The molecular weight excluding hydrogens is 360 g/mol. The van der Waals surface area contributed by atoms with E-state index in [1.54, 1.807) is 35.9 Å². The smallest absolute Gasteiger partial charge is 0.410 e. The van der Waals surface area contributed by atoms with Crippen molar-refractivity contribution in [1.82, 2.24) is 14.7 Å². The Morgan fingerprint density at radius 1 is 1.21 bits per heavy atom. The van der Waals surface area contributed by atoms with Crippen LogP contribution in [0.5, 0.6) is 5.75 Å². The number of aromatic nitrogens is 2. The zero-order valence-electron chi connectivity index (χ0n) is 16.9. The summed E-state index contributed by atoms with van der Waals surface area (Å²) in [7, 11) is 3.28. The van der Waals surface area contributed by atoms with Crippen molar-refractivity contribution in [2.24, 2.45) is 7.05 Å². The van der Waals surface area contributed by atoms with Crippen LogP contribution in [-0.4, -0.2) is 45.9 Å². The van der Waals surface area contributed by atoms with Gasteiger partial charge in [0.2, 0.25) is 0 Å². The third-order valence-corrected chi connectivity index (χ3v) is 4.42. The number of methoxy groups -OCH3 is 1. The number of hydrogen-bond acceptors (Lipinski definition) is 5. The molecule has 0 atom stereocenters. The van der Waals surface area contributed by atoms with Gasteiger partial charge in [0.15, 0.2) is 0 Å². The molecule has 3 rings (SSSR count). The predicted octanol–water partition coefficient (Wildman–Crippen LogP) is 2.97. The molecule has 0 bridgehead atoms. The number of nitrogens with one attached hydrogen (secondary N) is 1. The number of fused-ring (bicyclic) bond motifs is 1. The van der Waals surface area contributed by atoms with Crippen molar-refractivity contribution in [3.63, 3.8) is 0 Å². The van der Waals surface area contributed by atoms with Crippen LogP contribution in [0.1, 0.15) is 42.5 Å². The molecule has 8 heteroatoms. The van der Waals surface area contributed by atoms with Crippen LogP contribution in [0.25, 0.3) is 0 Å². The lowest BCUT2D eigenvalue weighted by Crippen LogP contribution is -2.40. The molecule has 1 aromatic heterocycles. The highest BCUT2D eigenvalue weighted by Gasteiger charge is 2.31. The van der Waals surface area contributed by atoms with E-state index in [4.69, 9.17) is 9.47 Å². The number of anilines is 1. The van der Waals surface area contributed by atoms with Crippen LogP contribution in [0.4, 0.5) is 10.5 Å². The summed E-state index contributed by atoms with van der Waals surface area (Å²) >= 11 is 0. The van der Waals surface area contributed by atoms with Crippen LogP contribution in [0.3, 0.4) is 0 Å². The first-order chi connectivity index (χ1) is 13.2. The maximum absolute atomic E-state index is 13.0. The Morgan fingerprint density at radius 3 is 2.61 bits per heavy atom. The number of hydrogen-bond donors (Lipinski definition) is 1. The lowest BCUT2D eigenvalue weighted by atomic mass is 10.1. The van der Waals surface area contributed by atoms with Gasteiger partial charge < -0.3 is 19.7 Å². The van der Waals surface area contributed by atoms with Crippen molar-refractivity contribution in [3.8, 4) is 5.75 Å².